The van der Waals surface area contributed by atoms with Gasteiger partial charge in [0.25, 0.3) is 10.0 Å². The lowest BCUT2D eigenvalue weighted by Crippen LogP contribution is -2.16. The molecule has 2 N–H and O–H groups in total. The Hall–Kier alpha value is -2.31. The Bertz CT molecular complexity index is 941. The second kappa shape index (κ2) is 7.93. The Morgan fingerprint density at radius 1 is 1.15 bits per heavy atom. The molecule has 0 spiro atoms. The maximum atomic E-state index is 12.6. The van der Waals surface area contributed by atoms with Crippen LogP contribution in [0, 0.1) is 5.92 Å². The van der Waals surface area contributed by atoms with Crippen molar-refractivity contribution >= 4 is 38.9 Å². The molecule has 0 heterocycles. The van der Waals surface area contributed by atoms with Crippen molar-refractivity contribution in [3.8, 4) is 0 Å². The molecule has 0 unspecified atom stereocenters. The first-order chi connectivity index (χ1) is 12.4. The lowest BCUT2D eigenvalue weighted by atomic mass is 10.1. The fourth-order valence-corrected chi connectivity index (χ4v) is 4.17. The van der Waals surface area contributed by atoms with E-state index in [9.17, 15) is 13.2 Å². The number of nitrogens with one attached hydrogen (secondary N) is 2. The highest BCUT2D eigenvalue weighted by Crippen LogP contribution is 2.25. The molecule has 7 heteroatoms. The minimum atomic E-state index is -3.81. The summed E-state index contributed by atoms with van der Waals surface area (Å²) < 4.78 is 27.6. The summed E-state index contributed by atoms with van der Waals surface area (Å²) in [4.78, 5) is 12.2. The molecule has 2 aromatic rings. The number of benzene rings is 2. The van der Waals surface area contributed by atoms with Crippen molar-refractivity contribution in [1.29, 1.82) is 0 Å². The Morgan fingerprint density at radius 2 is 1.96 bits per heavy atom. The summed E-state index contributed by atoms with van der Waals surface area (Å²) in [6, 6.07) is 12.8. The average molecular weight is 391 g/mol. The number of carbonyl (C=O) groups excluding carboxylic acids is 1. The van der Waals surface area contributed by atoms with E-state index >= 15 is 0 Å². The molecule has 0 fully saturated rings. The fourth-order valence-electron chi connectivity index (χ4n) is 2.80. The van der Waals surface area contributed by atoms with Gasteiger partial charge in [-0.15, -0.1) is 0 Å². The van der Waals surface area contributed by atoms with Crippen LogP contribution in [0.4, 0.5) is 11.4 Å². The fraction of sp³-hybridized carbons (Fsp3) is 0.211. The first-order valence-corrected chi connectivity index (χ1v) is 10.1. The first kappa shape index (κ1) is 18.5. The van der Waals surface area contributed by atoms with E-state index in [2.05, 4.69) is 16.1 Å². The molecule has 1 aliphatic carbocycles. The Kier molecular flexibility index (Phi) is 5.64. The molecule has 0 saturated heterocycles. The third-order valence-electron chi connectivity index (χ3n) is 4.11. The predicted molar refractivity (Wildman–Crippen MR) is 104 cm³/mol. The van der Waals surface area contributed by atoms with Crippen LogP contribution in [0.3, 0.4) is 0 Å². The summed E-state index contributed by atoms with van der Waals surface area (Å²) in [5, 5.41) is 3.08. The molecular formula is C19H19ClN2O3S. The quantitative estimate of drug-likeness (QED) is 0.716. The van der Waals surface area contributed by atoms with Crippen molar-refractivity contribution in [3.05, 3.63) is 65.7 Å². The number of allylic oxidation sites excluding steroid dienone is 2. The number of anilines is 2. The van der Waals surface area contributed by atoms with E-state index in [-0.39, 0.29) is 16.7 Å². The van der Waals surface area contributed by atoms with Gasteiger partial charge in [0.2, 0.25) is 5.91 Å². The molecule has 3 rings (SSSR count). The number of carbonyl (C=O) groups is 1. The lowest BCUT2D eigenvalue weighted by Gasteiger charge is -2.12. The smallest absolute Gasteiger partial charge is 0.262 e. The lowest BCUT2D eigenvalue weighted by molar-refractivity contribution is -0.116. The number of hydrogen-bond donors (Lipinski definition) is 2. The number of amides is 1. The van der Waals surface area contributed by atoms with E-state index < -0.39 is 10.0 Å². The van der Waals surface area contributed by atoms with Gasteiger partial charge in [0, 0.05) is 12.1 Å². The maximum absolute atomic E-state index is 12.6. The molecule has 1 amide bonds. The highest BCUT2D eigenvalue weighted by atomic mass is 35.5. The second-order valence-corrected chi connectivity index (χ2v) is 8.22. The van der Waals surface area contributed by atoms with Gasteiger partial charge in [-0.1, -0.05) is 42.0 Å². The number of halogens is 1. The van der Waals surface area contributed by atoms with Crippen LogP contribution in [-0.2, 0) is 14.8 Å². The third kappa shape index (κ3) is 4.65. The standard InChI is InChI=1S/C19H19ClN2O3S/c20-17-10-3-4-11-18(17)22-26(24,25)16-9-5-8-15(13-16)21-19(23)12-14-6-1-2-7-14/h1,3-6,8-11,13-14,22H,2,7,12H2,(H,21,23)/t14-/m1/s1. The number of rotatable bonds is 6. The van der Waals surface area contributed by atoms with E-state index in [0.717, 1.165) is 12.8 Å². The van der Waals surface area contributed by atoms with Gasteiger partial charge in [-0.3, -0.25) is 9.52 Å². The summed E-state index contributed by atoms with van der Waals surface area (Å²) >= 11 is 6.01. The predicted octanol–water partition coefficient (Wildman–Crippen LogP) is 4.44. The zero-order valence-corrected chi connectivity index (χ0v) is 15.6. The van der Waals surface area contributed by atoms with Crippen LogP contribution in [0.25, 0.3) is 0 Å². The van der Waals surface area contributed by atoms with Crippen LogP contribution >= 0.6 is 11.6 Å². The SMILES string of the molecule is O=C(C[C@@H]1C=CCC1)Nc1cccc(S(=O)(=O)Nc2ccccc2Cl)c1. The van der Waals surface area contributed by atoms with E-state index in [1.54, 1.807) is 36.4 Å². The van der Waals surface area contributed by atoms with Gasteiger partial charge in [0.15, 0.2) is 0 Å². The minimum Gasteiger partial charge on any atom is -0.326 e. The molecule has 136 valence electrons. The van der Waals surface area contributed by atoms with Crippen LogP contribution in [0.5, 0.6) is 0 Å². The van der Waals surface area contributed by atoms with Gasteiger partial charge in [-0.05, 0) is 49.1 Å². The Balaban J connectivity index is 1.72. The average Bonchev–Trinajstić information content (AvgIpc) is 3.10. The zero-order valence-electron chi connectivity index (χ0n) is 14.0. The minimum absolute atomic E-state index is 0.0518. The molecular weight excluding hydrogens is 372 g/mol. The molecule has 0 saturated carbocycles. The van der Waals surface area contributed by atoms with E-state index in [1.807, 2.05) is 6.08 Å². The summed E-state index contributed by atoms with van der Waals surface area (Å²) in [6.45, 7) is 0. The van der Waals surface area contributed by atoms with Crippen LogP contribution < -0.4 is 10.0 Å². The van der Waals surface area contributed by atoms with Crippen molar-refractivity contribution in [2.24, 2.45) is 5.92 Å². The highest BCUT2D eigenvalue weighted by molar-refractivity contribution is 7.92. The molecule has 1 aliphatic rings. The van der Waals surface area contributed by atoms with Gasteiger partial charge in [0.05, 0.1) is 15.6 Å². The van der Waals surface area contributed by atoms with Crippen molar-refractivity contribution in [3.63, 3.8) is 0 Å². The van der Waals surface area contributed by atoms with Crippen LogP contribution in [0.1, 0.15) is 19.3 Å². The van der Waals surface area contributed by atoms with E-state index in [0.29, 0.717) is 22.8 Å². The molecule has 1 atom stereocenters. The van der Waals surface area contributed by atoms with Gasteiger partial charge in [-0.25, -0.2) is 8.42 Å². The topological polar surface area (TPSA) is 75.3 Å². The molecule has 0 aliphatic heterocycles. The second-order valence-electron chi connectivity index (χ2n) is 6.13. The normalized spacial score (nSPS) is 16.4. The summed E-state index contributed by atoms with van der Waals surface area (Å²) in [7, 11) is -3.81. The van der Waals surface area contributed by atoms with Crippen LogP contribution in [0.15, 0.2) is 65.6 Å². The van der Waals surface area contributed by atoms with Crippen LogP contribution in [0.2, 0.25) is 5.02 Å². The summed E-state index contributed by atoms with van der Waals surface area (Å²) in [5.41, 5.74) is 0.746. The van der Waals surface area contributed by atoms with Gasteiger partial charge in [-0.2, -0.15) is 0 Å². The molecule has 5 nitrogen and oxygen atoms in total. The number of hydrogen-bond acceptors (Lipinski definition) is 3. The zero-order chi connectivity index (χ0) is 18.6. The monoisotopic (exact) mass is 390 g/mol. The van der Waals surface area contributed by atoms with Gasteiger partial charge >= 0.3 is 0 Å². The van der Waals surface area contributed by atoms with Gasteiger partial charge < -0.3 is 5.32 Å². The molecule has 2 aromatic carbocycles. The van der Waals surface area contributed by atoms with E-state index in [4.69, 9.17) is 11.6 Å². The van der Waals surface area contributed by atoms with Crippen LogP contribution in [-0.4, -0.2) is 14.3 Å². The highest BCUT2D eigenvalue weighted by Gasteiger charge is 2.18. The van der Waals surface area contributed by atoms with E-state index in [1.165, 1.54) is 12.1 Å². The van der Waals surface area contributed by atoms with Crippen molar-refractivity contribution < 1.29 is 13.2 Å². The largest absolute Gasteiger partial charge is 0.326 e. The molecule has 0 bridgehead atoms. The third-order valence-corrected chi connectivity index (χ3v) is 5.80. The summed E-state index contributed by atoms with van der Waals surface area (Å²) in [6.07, 6.45) is 6.49. The maximum Gasteiger partial charge on any atom is 0.262 e. The molecule has 0 radical (unpaired) electrons. The molecule has 26 heavy (non-hydrogen) atoms. The molecule has 0 aromatic heterocycles. The van der Waals surface area contributed by atoms with Crippen molar-refractivity contribution in [2.45, 2.75) is 24.2 Å². The number of para-hydroxylation sites is 1. The van der Waals surface area contributed by atoms with Crippen molar-refractivity contribution in [1.82, 2.24) is 0 Å². The van der Waals surface area contributed by atoms with Crippen molar-refractivity contribution in [2.75, 3.05) is 10.0 Å². The Labute approximate surface area is 158 Å². The Morgan fingerprint density at radius 3 is 2.69 bits per heavy atom. The first-order valence-electron chi connectivity index (χ1n) is 8.28. The number of sulfonamides is 1. The summed E-state index contributed by atoms with van der Waals surface area (Å²) in [5.74, 6) is 0.124. The van der Waals surface area contributed by atoms with Gasteiger partial charge in [0.1, 0.15) is 0 Å².